The molecule has 0 saturated carbocycles. The van der Waals surface area contributed by atoms with Crippen LogP contribution in [0.4, 0.5) is 0 Å². The maximum absolute atomic E-state index is 5.89. The standard InChI is InChI=1S/C19H32N4/c1-16(2)10-11-21-19(20)22-14-17-6-8-18(9-7-17)15-23-12-4-3-5-13-23/h6-9,16H,3-5,10-15H2,1-2H3,(H3,20,21,22). The third-order valence-electron chi connectivity index (χ3n) is 4.34. The number of nitrogens with one attached hydrogen (secondary N) is 1. The van der Waals surface area contributed by atoms with Gasteiger partial charge in [-0.15, -0.1) is 0 Å². The predicted octanol–water partition coefficient (Wildman–Crippen LogP) is 3.12. The van der Waals surface area contributed by atoms with Crippen LogP contribution in [0.3, 0.4) is 0 Å². The quantitative estimate of drug-likeness (QED) is 0.600. The lowest BCUT2D eigenvalue weighted by Crippen LogP contribution is -2.32. The Balaban J connectivity index is 1.75. The lowest BCUT2D eigenvalue weighted by atomic mass is 10.1. The van der Waals surface area contributed by atoms with Crippen LogP contribution in [0.25, 0.3) is 0 Å². The second-order valence-corrected chi connectivity index (χ2v) is 6.96. The molecule has 0 unspecified atom stereocenters. The predicted molar refractivity (Wildman–Crippen MR) is 98.4 cm³/mol. The lowest BCUT2D eigenvalue weighted by molar-refractivity contribution is 0.221. The average Bonchev–Trinajstić information content (AvgIpc) is 2.55. The summed E-state index contributed by atoms with van der Waals surface area (Å²) in [4.78, 5) is 6.96. The molecule has 4 heteroatoms. The zero-order chi connectivity index (χ0) is 16.5. The number of hydrogen-bond acceptors (Lipinski definition) is 2. The molecule has 0 radical (unpaired) electrons. The summed E-state index contributed by atoms with van der Waals surface area (Å²) in [6, 6.07) is 8.79. The van der Waals surface area contributed by atoms with Gasteiger partial charge in [0, 0.05) is 13.1 Å². The minimum absolute atomic E-state index is 0.544. The summed E-state index contributed by atoms with van der Waals surface area (Å²) in [6.07, 6.45) is 5.19. The van der Waals surface area contributed by atoms with Crippen molar-refractivity contribution >= 4 is 5.96 Å². The zero-order valence-corrected chi connectivity index (χ0v) is 14.7. The van der Waals surface area contributed by atoms with Crippen molar-refractivity contribution in [3.05, 3.63) is 35.4 Å². The fourth-order valence-corrected chi connectivity index (χ4v) is 2.85. The molecule has 0 aliphatic carbocycles. The highest BCUT2D eigenvalue weighted by Gasteiger charge is 2.10. The van der Waals surface area contributed by atoms with Crippen molar-refractivity contribution in [3.8, 4) is 0 Å². The molecule has 1 aromatic rings. The van der Waals surface area contributed by atoms with Gasteiger partial charge in [0.05, 0.1) is 6.54 Å². The van der Waals surface area contributed by atoms with Crippen molar-refractivity contribution < 1.29 is 0 Å². The molecule has 1 fully saturated rings. The first-order valence-electron chi connectivity index (χ1n) is 8.97. The van der Waals surface area contributed by atoms with E-state index >= 15 is 0 Å². The molecule has 0 bridgehead atoms. The Bertz CT molecular complexity index is 473. The van der Waals surface area contributed by atoms with E-state index in [0.717, 1.165) is 19.5 Å². The molecule has 0 aromatic heterocycles. The normalized spacial score (nSPS) is 16.7. The Morgan fingerprint density at radius 2 is 1.78 bits per heavy atom. The maximum Gasteiger partial charge on any atom is 0.188 e. The SMILES string of the molecule is CC(C)CCNC(N)=NCc1ccc(CN2CCCCC2)cc1. The third kappa shape index (κ3) is 7.04. The van der Waals surface area contributed by atoms with Crippen molar-refractivity contribution in [1.82, 2.24) is 10.2 Å². The van der Waals surface area contributed by atoms with Gasteiger partial charge in [0.2, 0.25) is 0 Å². The highest BCUT2D eigenvalue weighted by molar-refractivity contribution is 5.77. The van der Waals surface area contributed by atoms with Crippen molar-refractivity contribution in [2.45, 2.75) is 52.6 Å². The van der Waals surface area contributed by atoms with E-state index in [9.17, 15) is 0 Å². The molecule has 1 aliphatic heterocycles. The van der Waals surface area contributed by atoms with E-state index in [1.807, 2.05) is 0 Å². The van der Waals surface area contributed by atoms with Gasteiger partial charge < -0.3 is 11.1 Å². The zero-order valence-electron chi connectivity index (χ0n) is 14.7. The highest BCUT2D eigenvalue weighted by Crippen LogP contribution is 2.13. The summed E-state index contributed by atoms with van der Waals surface area (Å²) < 4.78 is 0. The molecule has 4 nitrogen and oxygen atoms in total. The van der Waals surface area contributed by atoms with Gasteiger partial charge in [0.1, 0.15) is 0 Å². The summed E-state index contributed by atoms with van der Waals surface area (Å²) in [5.74, 6) is 1.23. The third-order valence-corrected chi connectivity index (χ3v) is 4.34. The molecule has 0 atom stereocenters. The molecule has 1 heterocycles. The Morgan fingerprint density at radius 1 is 1.13 bits per heavy atom. The lowest BCUT2D eigenvalue weighted by Gasteiger charge is -2.26. The maximum atomic E-state index is 5.89. The second kappa shape index (κ2) is 9.56. The van der Waals surface area contributed by atoms with Crippen LogP contribution < -0.4 is 11.1 Å². The Labute approximate surface area is 141 Å². The van der Waals surface area contributed by atoms with Gasteiger partial charge in [-0.1, -0.05) is 44.5 Å². The number of nitrogens with zero attached hydrogens (tertiary/aromatic N) is 2. The van der Waals surface area contributed by atoms with Gasteiger partial charge in [0.15, 0.2) is 5.96 Å². The number of nitrogens with two attached hydrogens (primary N) is 1. The van der Waals surface area contributed by atoms with Crippen LogP contribution in [0.15, 0.2) is 29.3 Å². The van der Waals surface area contributed by atoms with E-state index in [0.29, 0.717) is 18.4 Å². The summed E-state index contributed by atoms with van der Waals surface area (Å²) in [5.41, 5.74) is 8.49. The fourth-order valence-electron chi connectivity index (χ4n) is 2.85. The van der Waals surface area contributed by atoms with Gasteiger partial charge in [-0.2, -0.15) is 0 Å². The molecular weight excluding hydrogens is 284 g/mol. The largest absolute Gasteiger partial charge is 0.370 e. The monoisotopic (exact) mass is 316 g/mol. The Kier molecular flexibility index (Phi) is 7.40. The molecule has 3 N–H and O–H groups in total. The molecule has 1 aliphatic rings. The minimum atomic E-state index is 0.544. The van der Waals surface area contributed by atoms with Crippen molar-refractivity contribution in [3.63, 3.8) is 0 Å². The van der Waals surface area contributed by atoms with Crippen LogP contribution in [0.1, 0.15) is 50.7 Å². The number of guanidine groups is 1. The van der Waals surface area contributed by atoms with Crippen molar-refractivity contribution in [2.24, 2.45) is 16.6 Å². The van der Waals surface area contributed by atoms with Crippen LogP contribution in [0.5, 0.6) is 0 Å². The fraction of sp³-hybridized carbons (Fsp3) is 0.632. The van der Waals surface area contributed by atoms with Gasteiger partial charge in [-0.3, -0.25) is 4.90 Å². The van der Waals surface area contributed by atoms with Crippen LogP contribution in [-0.4, -0.2) is 30.5 Å². The first-order valence-corrected chi connectivity index (χ1v) is 8.97. The summed E-state index contributed by atoms with van der Waals surface area (Å²) >= 11 is 0. The van der Waals surface area contributed by atoms with Crippen LogP contribution >= 0.6 is 0 Å². The van der Waals surface area contributed by atoms with E-state index in [-0.39, 0.29) is 0 Å². The summed E-state index contributed by atoms with van der Waals surface area (Å²) in [6.45, 7) is 9.50. The second-order valence-electron chi connectivity index (χ2n) is 6.96. The molecule has 2 rings (SSSR count). The summed E-state index contributed by atoms with van der Waals surface area (Å²) in [5, 5.41) is 3.17. The first-order chi connectivity index (χ1) is 11.1. The Hall–Kier alpha value is -1.55. The van der Waals surface area contributed by atoms with Crippen LogP contribution in [0.2, 0.25) is 0 Å². The molecule has 23 heavy (non-hydrogen) atoms. The van der Waals surface area contributed by atoms with E-state index in [1.54, 1.807) is 0 Å². The molecule has 128 valence electrons. The van der Waals surface area contributed by atoms with E-state index in [1.165, 1.54) is 43.5 Å². The van der Waals surface area contributed by atoms with Crippen molar-refractivity contribution in [2.75, 3.05) is 19.6 Å². The molecule has 0 amide bonds. The summed E-state index contributed by atoms with van der Waals surface area (Å²) in [7, 11) is 0. The van der Waals surface area contributed by atoms with Gasteiger partial charge in [-0.05, 0) is 49.4 Å². The molecule has 0 spiro atoms. The number of aliphatic imine (C=N–C) groups is 1. The number of piperidine rings is 1. The number of hydrogen-bond donors (Lipinski definition) is 2. The van der Waals surface area contributed by atoms with E-state index in [2.05, 4.69) is 53.3 Å². The minimum Gasteiger partial charge on any atom is -0.370 e. The van der Waals surface area contributed by atoms with Crippen LogP contribution in [-0.2, 0) is 13.1 Å². The van der Waals surface area contributed by atoms with Gasteiger partial charge in [0.25, 0.3) is 0 Å². The van der Waals surface area contributed by atoms with Crippen LogP contribution in [0, 0.1) is 5.92 Å². The van der Waals surface area contributed by atoms with E-state index in [4.69, 9.17) is 5.73 Å². The van der Waals surface area contributed by atoms with E-state index < -0.39 is 0 Å². The van der Waals surface area contributed by atoms with Gasteiger partial charge >= 0.3 is 0 Å². The molecule has 1 saturated heterocycles. The number of likely N-dealkylation sites (tertiary alicyclic amines) is 1. The average molecular weight is 316 g/mol. The molecular formula is C19H32N4. The smallest absolute Gasteiger partial charge is 0.188 e. The van der Waals surface area contributed by atoms with Crippen molar-refractivity contribution in [1.29, 1.82) is 0 Å². The molecule has 1 aromatic carbocycles. The van der Waals surface area contributed by atoms with Gasteiger partial charge in [-0.25, -0.2) is 4.99 Å². The highest BCUT2D eigenvalue weighted by atomic mass is 15.1. The number of benzene rings is 1. The topological polar surface area (TPSA) is 53.6 Å². The first kappa shape index (κ1) is 17.8. The number of rotatable bonds is 7. The Morgan fingerprint density at radius 3 is 2.43 bits per heavy atom.